The van der Waals surface area contributed by atoms with Gasteiger partial charge < -0.3 is 4.74 Å². The largest absolute Gasteiger partial charge is 0.465 e. The van der Waals surface area contributed by atoms with Crippen molar-refractivity contribution in [1.82, 2.24) is 4.98 Å². The van der Waals surface area contributed by atoms with Crippen molar-refractivity contribution in [2.75, 3.05) is 7.11 Å². The van der Waals surface area contributed by atoms with Crippen molar-refractivity contribution < 1.29 is 27.5 Å². The summed E-state index contributed by atoms with van der Waals surface area (Å²) in [5, 5.41) is 8.85. The van der Waals surface area contributed by atoms with Crippen LogP contribution in [0.15, 0.2) is 36.5 Å². The molecule has 0 radical (unpaired) electrons. The van der Waals surface area contributed by atoms with Crippen LogP contribution in [-0.4, -0.2) is 23.8 Å². The molecule has 26 heavy (non-hydrogen) atoms. The Balaban J connectivity index is 2.42. The lowest BCUT2D eigenvalue weighted by Gasteiger charge is -2.12. The fraction of sp³-hybridized carbons (Fsp3) is 0.176. The predicted octanol–water partition coefficient (Wildman–Crippen LogP) is 4.03. The summed E-state index contributed by atoms with van der Waals surface area (Å²) >= 11 is 5.80. The van der Waals surface area contributed by atoms with E-state index in [1.165, 1.54) is 31.4 Å². The van der Waals surface area contributed by atoms with Gasteiger partial charge in [-0.25, -0.2) is 4.79 Å². The summed E-state index contributed by atoms with van der Waals surface area (Å²) in [5.74, 6) is -2.97. The Labute approximate surface area is 151 Å². The van der Waals surface area contributed by atoms with Crippen LogP contribution >= 0.6 is 11.6 Å². The highest BCUT2D eigenvalue weighted by Gasteiger charge is 2.33. The van der Waals surface area contributed by atoms with Gasteiger partial charge in [0.1, 0.15) is 0 Å². The molecule has 0 aliphatic rings. The van der Waals surface area contributed by atoms with Crippen LogP contribution < -0.4 is 0 Å². The molecule has 2 rings (SSSR count). The smallest absolute Gasteiger partial charge is 0.417 e. The molecule has 0 saturated carbocycles. The minimum absolute atomic E-state index is 0.00258. The number of nitriles is 1. The molecule has 0 spiro atoms. The summed E-state index contributed by atoms with van der Waals surface area (Å²) < 4.78 is 42.6. The monoisotopic (exact) mass is 382 g/mol. The van der Waals surface area contributed by atoms with Crippen LogP contribution in [-0.2, 0) is 10.9 Å². The molecule has 1 unspecified atom stereocenters. The molecule has 0 amide bonds. The maximum Gasteiger partial charge on any atom is 0.417 e. The number of benzene rings is 1. The molecule has 1 aromatic heterocycles. The Morgan fingerprint density at radius 3 is 2.46 bits per heavy atom. The topological polar surface area (TPSA) is 80.0 Å². The molecule has 9 heteroatoms. The standard InChI is InChI=1S/C17H10ClF3N2O3/c1-26-16(25)10-4-2-3-9(5-10)15(24)12(7-22)14-13(18)6-11(8-23-14)17(19,20)21/h2-6,8,12H,1H3. The molecule has 0 fully saturated rings. The van der Waals surface area contributed by atoms with Gasteiger partial charge in [0.2, 0.25) is 0 Å². The Morgan fingerprint density at radius 2 is 1.92 bits per heavy atom. The number of alkyl halides is 3. The Hall–Kier alpha value is -2.92. The molecular formula is C17H10ClF3N2O3. The number of pyridine rings is 1. The van der Waals surface area contributed by atoms with E-state index in [4.69, 9.17) is 11.6 Å². The fourth-order valence-corrected chi connectivity index (χ4v) is 2.42. The number of hydrogen-bond acceptors (Lipinski definition) is 5. The van der Waals surface area contributed by atoms with Crippen LogP contribution in [0.5, 0.6) is 0 Å². The zero-order valence-electron chi connectivity index (χ0n) is 13.2. The second-order valence-corrected chi connectivity index (χ2v) is 5.49. The highest BCUT2D eigenvalue weighted by atomic mass is 35.5. The van der Waals surface area contributed by atoms with Crippen molar-refractivity contribution in [3.05, 3.63) is 63.9 Å². The second-order valence-electron chi connectivity index (χ2n) is 5.09. The first kappa shape index (κ1) is 19.4. The third-order valence-electron chi connectivity index (χ3n) is 3.43. The first-order valence-corrected chi connectivity index (χ1v) is 7.41. The zero-order chi connectivity index (χ0) is 19.5. The van der Waals surface area contributed by atoms with Gasteiger partial charge in [0.25, 0.3) is 0 Å². The maximum absolute atomic E-state index is 12.7. The van der Waals surface area contributed by atoms with Crippen molar-refractivity contribution in [3.63, 3.8) is 0 Å². The number of ketones is 1. The first-order valence-electron chi connectivity index (χ1n) is 7.04. The summed E-state index contributed by atoms with van der Waals surface area (Å²) in [5.41, 5.74) is -1.31. The number of esters is 1. The number of rotatable bonds is 4. The number of hydrogen-bond donors (Lipinski definition) is 0. The van der Waals surface area contributed by atoms with Gasteiger partial charge in [0.05, 0.1) is 35.0 Å². The Bertz CT molecular complexity index is 907. The molecule has 1 heterocycles. The SMILES string of the molecule is COC(=O)c1cccc(C(=O)C(C#N)c2ncc(C(F)(F)F)cc2Cl)c1. The average Bonchev–Trinajstić information content (AvgIpc) is 2.62. The lowest BCUT2D eigenvalue weighted by Crippen LogP contribution is -2.15. The molecule has 0 bridgehead atoms. The highest BCUT2D eigenvalue weighted by molar-refractivity contribution is 6.31. The van der Waals surface area contributed by atoms with E-state index in [0.29, 0.717) is 12.3 Å². The fourth-order valence-electron chi connectivity index (χ4n) is 2.14. The van der Waals surface area contributed by atoms with Crippen LogP contribution in [0.4, 0.5) is 13.2 Å². The molecule has 1 aromatic carbocycles. The quantitative estimate of drug-likeness (QED) is 0.589. The molecule has 0 saturated heterocycles. The van der Waals surface area contributed by atoms with Crippen LogP contribution in [0.3, 0.4) is 0 Å². The van der Waals surface area contributed by atoms with Crippen LogP contribution in [0.25, 0.3) is 0 Å². The van der Waals surface area contributed by atoms with E-state index in [1.807, 2.05) is 0 Å². The van der Waals surface area contributed by atoms with E-state index in [1.54, 1.807) is 6.07 Å². The molecular weight excluding hydrogens is 373 g/mol. The van der Waals surface area contributed by atoms with Gasteiger partial charge in [-0.3, -0.25) is 9.78 Å². The molecule has 0 aliphatic carbocycles. The number of Topliss-reactive ketones (excluding diaryl/α,β-unsaturated/α-hetero) is 1. The third kappa shape index (κ3) is 4.00. The molecule has 1 atom stereocenters. The van der Waals surface area contributed by atoms with Crippen LogP contribution in [0.2, 0.25) is 5.02 Å². The summed E-state index contributed by atoms with van der Waals surface area (Å²) in [7, 11) is 1.17. The van der Waals surface area contributed by atoms with Gasteiger partial charge >= 0.3 is 12.1 Å². The molecule has 134 valence electrons. The van der Waals surface area contributed by atoms with Crippen molar-refractivity contribution in [3.8, 4) is 6.07 Å². The zero-order valence-corrected chi connectivity index (χ0v) is 13.9. The number of aromatic nitrogens is 1. The van der Waals surface area contributed by atoms with E-state index in [2.05, 4.69) is 9.72 Å². The van der Waals surface area contributed by atoms with Gasteiger partial charge in [-0.15, -0.1) is 0 Å². The third-order valence-corrected chi connectivity index (χ3v) is 3.73. The van der Waals surface area contributed by atoms with E-state index in [9.17, 15) is 28.0 Å². The van der Waals surface area contributed by atoms with Crippen molar-refractivity contribution >= 4 is 23.4 Å². The summed E-state index contributed by atoms with van der Waals surface area (Å²) in [6, 6.07) is 7.69. The second kappa shape index (κ2) is 7.54. The van der Waals surface area contributed by atoms with Gasteiger partial charge in [-0.05, 0) is 18.2 Å². The number of ether oxygens (including phenoxy) is 1. The number of carbonyl (C=O) groups excluding carboxylic acids is 2. The summed E-state index contributed by atoms with van der Waals surface area (Å²) in [4.78, 5) is 27.7. The van der Waals surface area contributed by atoms with E-state index >= 15 is 0 Å². The molecule has 0 aliphatic heterocycles. The average molecular weight is 383 g/mol. The van der Waals surface area contributed by atoms with Crippen molar-refractivity contribution in [2.24, 2.45) is 0 Å². The first-order chi connectivity index (χ1) is 12.2. The van der Waals surface area contributed by atoms with E-state index in [0.717, 1.165) is 0 Å². The van der Waals surface area contributed by atoms with E-state index < -0.39 is 34.4 Å². The minimum Gasteiger partial charge on any atom is -0.465 e. The minimum atomic E-state index is -4.66. The van der Waals surface area contributed by atoms with Crippen LogP contribution in [0.1, 0.15) is 37.9 Å². The number of methoxy groups -OCH3 is 1. The van der Waals surface area contributed by atoms with Gasteiger partial charge in [-0.1, -0.05) is 23.7 Å². The van der Waals surface area contributed by atoms with Crippen molar-refractivity contribution in [1.29, 1.82) is 5.26 Å². The van der Waals surface area contributed by atoms with Crippen molar-refractivity contribution in [2.45, 2.75) is 12.1 Å². The normalized spacial score (nSPS) is 12.2. The van der Waals surface area contributed by atoms with Crippen LogP contribution in [0, 0.1) is 11.3 Å². The predicted molar refractivity (Wildman–Crippen MR) is 84.7 cm³/mol. The van der Waals surface area contributed by atoms with Gasteiger partial charge in [0.15, 0.2) is 11.7 Å². The molecule has 0 N–H and O–H groups in total. The highest BCUT2D eigenvalue weighted by Crippen LogP contribution is 2.33. The summed E-state index contributed by atoms with van der Waals surface area (Å²) in [6.07, 6.45) is -4.15. The lowest BCUT2D eigenvalue weighted by atomic mass is 9.94. The summed E-state index contributed by atoms with van der Waals surface area (Å²) in [6.45, 7) is 0. The Morgan fingerprint density at radius 1 is 1.27 bits per heavy atom. The number of nitrogens with zero attached hydrogens (tertiary/aromatic N) is 2. The van der Waals surface area contributed by atoms with Gasteiger partial charge in [-0.2, -0.15) is 18.4 Å². The Kier molecular flexibility index (Phi) is 5.63. The molecule has 5 nitrogen and oxygen atoms in total. The maximum atomic E-state index is 12.7. The molecule has 2 aromatic rings. The van der Waals surface area contributed by atoms with E-state index in [-0.39, 0.29) is 16.8 Å². The number of halogens is 4. The number of carbonyl (C=O) groups is 2. The lowest BCUT2D eigenvalue weighted by molar-refractivity contribution is -0.137. The van der Waals surface area contributed by atoms with Gasteiger partial charge in [0, 0.05) is 11.8 Å².